The van der Waals surface area contributed by atoms with Gasteiger partial charge in [0.25, 0.3) is 0 Å². The minimum Gasteiger partial charge on any atom is -0.458 e. The molecule has 0 bridgehead atoms. The van der Waals surface area contributed by atoms with Crippen LogP contribution in [-0.2, 0) is 28.7 Å². The summed E-state index contributed by atoms with van der Waals surface area (Å²) in [6.07, 6.45) is 6.11. The van der Waals surface area contributed by atoms with Gasteiger partial charge in [0.05, 0.1) is 0 Å². The monoisotopic (exact) mass is 766 g/mol. The Bertz CT molecular complexity index is 995. The molecule has 0 radical (unpaired) electrons. The second-order valence-electron chi connectivity index (χ2n) is 14.1. The number of hydrogen-bond acceptors (Lipinski definition) is 7. The molecule has 4 amide bonds. The molecule has 1 fully saturated rings. The molecule has 45 heavy (non-hydrogen) atoms. The van der Waals surface area contributed by atoms with Crippen molar-refractivity contribution in [3.63, 3.8) is 0 Å². The van der Waals surface area contributed by atoms with Crippen molar-refractivity contribution in [3.05, 3.63) is 0 Å². The molecule has 1 rings (SSSR count). The van der Waals surface area contributed by atoms with Crippen LogP contribution in [0.5, 0.6) is 0 Å². The Morgan fingerprint density at radius 3 is 1.80 bits per heavy atom. The van der Waals surface area contributed by atoms with E-state index in [1.807, 2.05) is 0 Å². The molecule has 3 atom stereocenters. The van der Waals surface area contributed by atoms with Crippen molar-refractivity contribution in [1.29, 1.82) is 0 Å². The van der Waals surface area contributed by atoms with Gasteiger partial charge in [-0.05, 0) is 93.9 Å². The largest absolute Gasteiger partial charge is 0.458 e. The van der Waals surface area contributed by atoms with E-state index in [0.29, 0.717) is 45.1 Å². The highest BCUT2D eigenvalue weighted by molar-refractivity contribution is 9.09. The van der Waals surface area contributed by atoms with Crippen molar-refractivity contribution in [2.24, 2.45) is 0 Å². The van der Waals surface area contributed by atoms with Gasteiger partial charge in [0, 0.05) is 17.2 Å². The molecule has 13 heteroatoms. The van der Waals surface area contributed by atoms with Gasteiger partial charge in [0.2, 0.25) is 17.7 Å². The maximum Gasteiger partial charge on any atom is 0.408 e. The number of alkyl carbamates (subject to hydrolysis) is 1. The second-order valence-corrected chi connectivity index (χ2v) is 15.7. The quantitative estimate of drug-likeness (QED) is 0.101. The molecule has 1 heterocycles. The molecule has 0 aromatic heterocycles. The Morgan fingerprint density at radius 1 is 0.756 bits per heavy atom. The zero-order valence-electron chi connectivity index (χ0n) is 28.5. The van der Waals surface area contributed by atoms with Crippen LogP contribution in [0.4, 0.5) is 4.79 Å². The van der Waals surface area contributed by atoms with Crippen molar-refractivity contribution < 1.29 is 33.4 Å². The lowest BCUT2D eigenvalue weighted by Gasteiger charge is -2.33. The summed E-state index contributed by atoms with van der Waals surface area (Å²) in [4.78, 5) is 67.9. The molecule has 1 aliphatic rings. The van der Waals surface area contributed by atoms with Crippen molar-refractivity contribution in [1.82, 2.24) is 20.9 Å². The first kappa shape index (κ1) is 41.1. The molecule has 3 N–H and O–H groups in total. The second kappa shape index (κ2) is 19.1. The third-order valence-corrected chi connectivity index (χ3v) is 8.20. The van der Waals surface area contributed by atoms with Gasteiger partial charge in [-0.15, -0.1) is 0 Å². The van der Waals surface area contributed by atoms with Crippen LogP contribution < -0.4 is 16.0 Å². The standard InChI is InChI=1S/C32H56Br2N4O7/c1-30(2,3)44-27(41)24-18-15-21-38(24)26(40)23(17-12-10-14-20-34)35-28(42)32(7,8)37-25(39)22(16-11-9-13-19-33)36-29(43)45-31(4,5)6/h22-24H,9-21H2,1-8H3,(H,35,42)(H,36,43)(H,37,39)/t22-,23-,24+/m0/s1. The maximum atomic E-state index is 13.8. The van der Waals surface area contributed by atoms with E-state index in [9.17, 15) is 24.0 Å². The van der Waals surface area contributed by atoms with Crippen LogP contribution in [0.15, 0.2) is 0 Å². The molecule has 1 saturated heterocycles. The number of rotatable bonds is 17. The molecule has 0 unspecified atom stereocenters. The van der Waals surface area contributed by atoms with E-state index in [1.54, 1.807) is 55.4 Å². The topological polar surface area (TPSA) is 143 Å². The van der Waals surface area contributed by atoms with Gasteiger partial charge in [-0.25, -0.2) is 9.59 Å². The van der Waals surface area contributed by atoms with Crippen molar-refractivity contribution in [2.45, 2.75) is 154 Å². The zero-order valence-corrected chi connectivity index (χ0v) is 31.7. The van der Waals surface area contributed by atoms with Crippen LogP contribution in [-0.4, -0.2) is 86.8 Å². The number of alkyl halides is 2. The highest BCUT2D eigenvalue weighted by atomic mass is 79.9. The first-order chi connectivity index (χ1) is 20.8. The van der Waals surface area contributed by atoms with Crippen LogP contribution in [0, 0.1) is 0 Å². The molecular formula is C32H56Br2N4O7. The molecule has 0 spiro atoms. The Kier molecular flexibility index (Phi) is 17.4. The minimum atomic E-state index is -1.41. The fraction of sp³-hybridized carbons (Fsp3) is 0.844. The molecular weight excluding hydrogens is 712 g/mol. The number of unbranched alkanes of at least 4 members (excludes halogenated alkanes) is 4. The van der Waals surface area contributed by atoms with E-state index < -0.39 is 58.7 Å². The number of nitrogens with one attached hydrogen (secondary N) is 3. The zero-order chi connectivity index (χ0) is 34.4. The van der Waals surface area contributed by atoms with Gasteiger partial charge in [-0.2, -0.15) is 0 Å². The average molecular weight is 769 g/mol. The van der Waals surface area contributed by atoms with Crippen LogP contribution in [0.1, 0.15) is 120 Å². The highest BCUT2D eigenvalue weighted by Crippen LogP contribution is 2.23. The lowest BCUT2D eigenvalue weighted by atomic mass is 9.99. The first-order valence-corrected chi connectivity index (χ1v) is 18.3. The fourth-order valence-corrected chi connectivity index (χ4v) is 5.64. The van der Waals surface area contributed by atoms with E-state index in [1.165, 1.54) is 4.90 Å². The van der Waals surface area contributed by atoms with Gasteiger partial charge < -0.3 is 30.3 Å². The van der Waals surface area contributed by atoms with E-state index in [4.69, 9.17) is 9.47 Å². The number of likely N-dealkylation sites (tertiary alicyclic amines) is 1. The number of esters is 1. The lowest BCUT2D eigenvalue weighted by molar-refractivity contribution is -0.163. The summed E-state index contributed by atoms with van der Waals surface area (Å²) in [5, 5.41) is 9.96. The summed E-state index contributed by atoms with van der Waals surface area (Å²) >= 11 is 6.83. The van der Waals surface area contributed by atoms with Crippen LogP contribution >= 0.6 is 31.9 Å². The summed E-state index contributed by atoms with van der Waals surface area (Å²) in [5.74, 6) is -1.86. The Labute approximate surface area is 286 Å². The van der Waals surface area contributed by atoms with Gasteiger partial charge >= 0.3 is 12.1 Å². The predicted octanol–water partition coefficient (Wildman–Crippen LogP) is 5.50. The van der Waals surface area contributed by atoms with Crippen molar-refractivity contribution in [3.8, 4) is 0 Å². The number of amides is 4. The molecule has 0 aliphatic carbocycles. The van der Waals surface area contributed by atoms with E-state index in [2.05, 4.69) is 47.8 Å². The Morgan fingerprint density at radius 2 is 1.29 bits per heavy atom. The Balaban J connectivity index is 3.09. The summed E-state index contributed by atoms with van der Waals surface area (Å²) in [6.45, 7) is 14.1. The Hall–Kier alpha value is -1.89. The van der Waals surface area contributed by atoms with Crippen molar-refractivity contribution in [2.75, 3.05) is 17.2 Å². The number of hydrogen-bond donors (Lipinski definition) is 3. The van der Waals surface area contributed by atoms with Gasteiger partial charge in [0.15, 0.2) is 0 Å². The molecule has 0 aromatic rings. The van der Waals surface area contributed by atoms with E-state index in [-0.39, 0.29) is 5.91 Å². The van der Waals surface area contributed by atoms with Crippen molar-refractivity contribution >= 4 is 61.6 Å². The van der Waals surface area contributed by atoms with Crippen LogP contribution in [0.25, 0.3) is 0 Å². The van der Waals surface area contributed by atoms with Gasteiger partial charge in [0.1, 0.15) is 34.9 Å². The molecule has 11 nitrogen and oxygen atoms in total. The SMILES string of the molecule is CC(C)(C)OC(=O)N[C@@H](CCCCCBr)C(=O)NC(C)(C)C(=O)N[C@@H](CCCCCBr)C(=O)N1CCC[C@@H]1C(=O)OC(C)(C)C. The molecule has 260 valence electrons. The fourth-order valence-electron chi connectivity index (χ4n) is 4.85. The number of ether oxygens (including phenoxy) is 2. The molecule has 1 aliphatic heterocycles. The number of halogens is 2. The van der Waals surface area contributed by atoms with Gasteiger partial charge in [-0.1, -0.05) is 57.5 Å². The first-order valence-electron chi connectivity index (χ1n) is 16.1. The maximum absolute atomic E-state index is 13.8. The smallest absolute Gasteiger partial charge is 0.408 e. The lowest BCUT2D eigenvalue weighted by Crippen LogP contribution is -2.62. The summed E-state index contributed by atoms with van der Waals surface area (Å²) < 4.78 is 10.9. The third-order valence-electron chi connectivity index (χ3n) is 7.08. The van der Waals surface area contributed by atoms with E-state index in [0.717, 1.165) is 36.3 Å². The highest BCUT2D eigenvalue weighted by Gasteiger charge is 2.41. The summed E-state index contributed by atoms with van der Waals surface area (Å²) in [6, 6.07) is -2.51. The third kappa shape index (κ3) is 16.0. The van der Waals surface area contributed by atoms with E-state index >= 15 is 0 Å². The molecule has 0 saturated carbocycles. The number of nitrogens with zero attached hydrogens (tertiary/aromatic N) is 1. The minimum absolute atomic E-state index is 0.339. The molecule has 0 aromatic carbocycles. The predicted molar refractivity (Wildman–Crippen MR) is 182 cm³/mol. The normalized spacial score (nSPS) is 16.8. The average Bonchev–Trinajstić information content (AvgIpc) is 3.39. The number of carbonyl (C=O) groups excluding carboxylic acids is 5. The number of carbonyl (C=O) groups is 5. The van der Waals surface area contributed by atoms with Gasteiger partial charge in [-0.3, -0.25) is 14.4 Å². The summed E-state index contributed by atoms with van der Waals surface area (Å²) in [7, 11) is 0. The van der Waals surface area contributed by atoms with Crippen LogP contribution in [0.3, 0.4) is 0 Å². The summed E-state index contributed by atoms with van der Waals surface area (Å²) in [5.41, 5.74) is -2.84. The van der Waals surface area contributed by atoms with Crippen LogP contribution in [0.2, 0.25) is 0 Å².